The summed E-state index contributed by atoms with van der Waals surface area (Å²) in [6, 6.07) is 4.40. The average molecular weight is 302 g/mol. The van der Waals surface area contributed by atoms with Crippen LogP contribution in [0.4, 0.5) is 5.82 Å². The molecule has 0 unspecified atom stereocenters. The molecule has 1 amide bonds. The maximum absolute atomic E-state index is 11.2. The van der Waals surface area contributed by atoms with Crippen molar-refractivity contribution in [1.29, 1.82) is 0 Å². The minimum atomic E-state index is -0.134. The molecule has 3 N–H and O–H groups in total. The van der Waals surface area contributed by atoms with Gasteiger partial charge in [-0.15, -0.1) is 0 Å². The summed E-state index contributed by atoms with van der Waals surface area (Å²) in [5.74, 6) is 1.04. The molecule has 0 aliphatic carbocycles. The van der Waals surface area contributed by atoms with E-state index in [1.807, 2.05) is 0 Å². The van der Waals surface area contributed by atoms with Gasteiger partial charge >= 0.3 is 0 Å². The van der Waals surface area contributed by atoms with Crippen molar-refractivity contribution in [2.45, 2.75) is 38.5 Å². The third kappa shape index (κ3) is 3.77. The van der Waals surface area contributed by atoms with E-state index in [1.165, 1.54) is 17.7 Å². The molecule has 22 heavy (non-hydrogen) atoms. The Labute approximate surface area is 132 Å². The Morgan fingerprint density at radius 2 is 2.18 bits per heavy atom. The zero-order valence-electron chi connectivity index (χ0n) is 13.2. The van der Waals surface area contributed by atoms with E-state index >= 15 is 0 Å². The molecule has 0 atom stereocenters. The molecule has 5 nitrogen and oxygen atoms in total. The summed E-state index contributed by atoms with van der Waals surface area (Å²) in [5, 5.41) is 3.39. The second-order valence-corrected chi connectivity index (χ2v) is 6.46. The maximum Gasteiger partial charge on any atom is 0.220 e. The number of pyridine rings is 1. The van der Waals surface area contributed by atoms with E-state index in [0.29, 0.717) is 0 Å². The van der Waals surface area contributed by atoms with E-state index in [9.17, 15) is 4.79 Å². The number of hydrogen-bond acceptors (Lipinski definition) is 4. The van der Waals surface area contributed by atoms with E-state index < -0.39 is 0 Å². The van der Waals surface area contributed by atoms with Gasteiger partial charge < -0.3 is 16.0 Å². The standard InChI is InChI=1S/C17H26N4O/c18-16(22)13-7-11-21(12-8-13)10-2-4-15-6-5-14-3-1-9-19-17(14)20-15/h5-6,13H,1-4,7-12H2,(H2,18,22)(H,19,20). The van der Waals surface area contributed by atoms with Crippen molar-refractivity contribution >= 4 is 11.7 Å². The Balaban J connectivity index is 1.43. The summed E-state index contributed by atoms with van der Waals surface area (Å²) in [7, 11) is 0. The van der Waals surface area contributed by atoms with Crippen LogP contribution in [0.3, 0.4) is 0 Å². The van der Waals surface area contributed by atoms with Gasteiger partial charge in [-0.3, -0.25) is 4.79 Å². The Bertz CT molecular complexity index is 523. The number of fused-ring (bicyclic) bond motifs is 1. The summed E-state index contributed by atoms with van der Waals surface area (Å²) in [6.07, 6.45) is 6.31. The Morgan fingerprint density at radius 3 is 2.95 bits per heavy atom. The molecule has 3 heterocycles. The summed E-state index contributed by atoms with van der Waals surface area (Å²) in [5.41, 5.74) is 7.90. The molecule has 1 aromatic heterocycles. The third-order valence-corrected chi connectivity index (χ3v) is 4.85. The molecule has 0 aromatic carbocycles. The highest BCUT2D eigenvalue weighted by Gasteiger charge is 2.22. The number of anilines is 1. The first-order valence-electron chi connectivity index (χ1n) is 8.47. The fourth-order valence-corrected chi connectivity index (χ4v) is 3.43. The number of primary amides is 1. The van der Waals surface area contributed by atoms with Crippen molar-refractivity contribution in [2.24, 2.45) is 11.7 Å². The number of amides is 1. The number of aryl methyl sites for hydroxylation is 2. The molecule has 3 rings (SSSR count). The van der Waals surface area contributed by atoms with Gasteiger partial charge in [-0.1, -0.05) is 6.07 Å². The SMILES string of the molecule is NC(=O)C1CCN(CCCc2ccc3c(n2)NCCC3)CC1. The maximum atomic E-state index is 11.2. The van der Waals surface area contributed by atoms with Crippen LogP contribution in [-0.2, 0) is 17.6 Å². The van der Waals surface area contributed by atoms with Crippen LogP contribution in [0.15, 0.2) is 12.1 Å². The van der Waals surface area contributed by atoms with Crippen molar-refractivity contribution in [1.82, 2.24) is 9.88 Å². The number of hydrogen-bond donors (Lipinski definition) is 2. The lowest BCUT2D eigenvalue weighted by Gasteiger charge is -2.30. The number of nitrogens with two attached hydrogens (primary N) is 1. The number of rotatable bonds is 5. The predicted molar refractivity (Wildman–Crippen MR) is 87.7 cm³/mol. The first kappa shape index (κ1) is 15.3. The molecule has 0 radical (unpaired) electrons. The molecule has 1 saturated heterocycles. The lowest BCUT2D eigenvalue weighted by Crippen LogP contribution is -2.39. The minimum absolute atomic E-state index is 0.0876. The molecule has 1 fully saturated rings. The van der Waals surface area contributed by atoms with Crippen LogP contribution in [0, 0.1) is 5.92 Å². The van der Waals surface area contributed by atoms with Gasteiger partial charge in [0.15, 0.2) is 0 Å². The highest BCUT2D eigenvalue weighted by molar-refractivity contribution is 5.76. The predicted octanol–water partition coefficient (Wildman–Crippen LogP) is 1.57. The summed E-state index contributed by atoms with van der Waals surface area (Å²) < 4.78 is 0. The van der Waals surface area contributed by atoms with E-state index in [-0.39, 0.29) is 11.8 Å². The van der Waals surface area contributed by atoms with Crippen LogP contribution < -0.4 is 11.1 Å². The Hall–Kier alpha value is -1.62. The van der Waals surface area contributed by atoms with Crippen LogP contribution in [0.2, 0.25) is 0 Å². The van der Waals surface area contributed by atoms with E-state index in [1.54, 1.807) is 0 Å². The van der Waals surface area contributed by atoms with Crippen molar-refractivity contribution in [3.63, 3.8) is 0 Å². The van der Waals surface area contributed by atoms with Crippen molar-refractivity contribution in [2.75, 3.05) is 31.5 Å². The van der Waals surface area contributed by atoms with Gasteiger partial charge in [0, 0.05) is 18.2 Å². The zero-order valence-corrected chi connectivity index (χ0v) is 13.2. The van der Waals surface area contributed by atoms with Gasteiger partial charge in [-0.05, 0) is 69.8 Å². The van der Waals surface area contributed by atoms with Gasteiger partial charge in [0.05, 0.1) is 0 Å². The molecular weight excluding hydrogens is 276 g/mol. The molecule has 2 aliphatic heterocycles. The number of piperidine rings is 1. The van der Waals surface area contributed by atoms with Gasteiger partial charge in [0.25, 0.3) is 0 Å². The lowest BCUT2D eigenvalue weighted by molar-refractivity contribution is -0.123. The second kappa shape index (κ2) is 7.09. The van der Waals surface area contributed by atoms with Crippen molar-refractivity contribution in [3.05, 3.63) is 23.4 Å². The van der Waals surface area contributed by atoms with E-state index in [0.717, 1.165) is 64.1 Å². The molecule has 0 spiro atoms. The molecule has 5 heteroatoms. The monoisotopic (exact) mass is 302 g/mol. The van der Waals surface area contributed by atoms with Crippen LogP contribution in [0.5, 0.6) is 0 Å². The van der Waals surface area contributed by atoms with E-state index in [2.05, 4.69) is 22.3 Å². The average Bonchev–Trinajstić information content (AvgIpc) is 2.55. The first-order chi connectivity index (χ1) is 10.7. The topological polar surface area (TPSA) is 71.2 Å². The van der Waals surface area contributed by atoms with Gasteiger partial charge in [-0.2, -0.15) is 0 Å². The highest BCUT2D eigenvalue weighted by Crippen LogP contribution is 2.21. The number of carbonyl (C=O) groups excluding carboxylic acids is 1. The third-order valence-electron chi connectivity index (χ3n) is 4.85. The van der Waals surface area contributed by atoms with Crippen LogP contribution in [0.25, 0.3) is 0 Å². The largest absolute Gasteiger partial charge is 0.370 e. The van der Waals surface area contributed by atoms with Crippen molar-refractivity contribution < 1.29 is 4.79 Å². The summed E-state index contributed by atoms with van der Waals surface area (Å²) >= 11 is 0. The molecule has 0 saturated carbocycles. The number of nitrogens with zero attached hydrogens (tertiary/aromatic N) is 2. The molecule has 120 valence electrons. The minimum Gasteiger partial charge on any atom is -0.370 e. The number of aromatic nitrogens is 1. The normalized spacial score (nSPS) is 19.5. The summed E-state index contributed by atoms with van der Waals surface area (Å²) in [4.78, 5) is 18.3. The number of nitrogens with one attached hydrogen (secondary N) is 1. The molecule has 2 aliphatic rings. The molecule has 1 aromatic rings. The molecular formula is C17H26N4O. The first-order valence-corrected chi connectivity index (χ1v) is 8.47. The number of likely N-dealkylation sites (tertiary alicyclic amines) is 1. The summed E-state index contributed by atoms with van der Waals surface area (Å²) in [6.45, 7) is 4.11. The second-order valence-electron chi connectivity index (χ2n) is 6.46. The quantitative estimate of drug-likeness (QED) is 0.866. The lowest BCUT2D eigenvalue weighted by atomic mass is 9.96. The van der Waals surface area contributed by atoms with Gasteiger partial charge in [0.2, 0.25) is 5.91 Å². The smallest absolute Gasteiger partial charge is 0.220 e. The van der Waals surface area contributed by atoms with Crippen LogP contribution >= 0.6 is 0 Å². The van der Waals surface area contributed by atoms with Crippen LogP contribution in [0.1, 0.15) is 36.9 Å². The van der Waals surface area contributed by atoms with Gasteiger partial charge in [-0.25, -0.2) is 4.98 Å². The Kier molecular flexibility index (Phi) is 4.93. The zero-order chi connectivity index (χ0) is 15.4. The fraction of sp³-hybridized carbons (Fsp3) is 0.647. The van der Waals surface area contributed by atoms with E-state index in [4.69, 9.17) is 10.7 Å². The van der Waals surface area contributed by atoms with Crippen molar-refractivity contribution in [3.8, 4) is 0 Å². The highest BCUT2D eigenvalue weighted by atomic mass is 16.1. The van der Waals surface area contributed by atoms with Crippen LogP contribution in [-0.4, -0.2) is 42.0 Å². The molecule has 0 bridgehead atoms. The van der Waals surface area contributed by atoms with Gasteiger partial charge in [0.1, 0.15) is 5.82 Å². The number of carbonyl (C=O) groups is 1. The fourth-order valence-electron chi connectivity index (χ4n) is 3.43. The Morgan fingerprint density at radius 1 is 1.36 bits per heavy atom.